The Hall–Kier alpha value is -2.63. The fourth-order valence-corrected chi connectivity index (χ4v) is 1.93. The van der Waals surface area contributed by atoms with E-state index < -0.39 is 5.97 Å². The lowest BCUT2D eigenvalue weighted by molar-refractivity contribution is 0.0690. The Balaban J connectivity index is 2.28. The fourth-order valence-electron chi connectivity index (χ4n) is 1.93. The van der Waals surface area contributed by atoms with Gasteiger partial charge in [-0.15, -0.1) is 0 Å². The Bertz CT molecular complexity index is 688. The normalized spacial score (nSPS) is 10.3. The minimum atomic E-state index is -1.15. The molecule has 0 aliphatic heterocycles. The summed E-state index contributed by atoms with van der Waals surface area (Å²) >= 11 is 0. The summed E-state index contributed by atoms with van der Waals surface area (Å²) in [7, 11) is 0. The number of anilines is 1. The number of hydrogen-bond donors (Lipinski definition) is 2. The van der Waals surface area contributed by atoms with Gasteiger partial charge in [0.25, 0.3) is 5.91 Å². The number of amides is 1. The highest BCUT2D eigenvalue weighted by molar-refractivity contribution is 6.05. The molecule has 0 aliphatic carbocycles. The van der Waals surface area contributed by atoms with E-state index in [4.69, 9.17) is 9.52 Å². The van der Waals surface area contributed by atoms with Gasteiger partial charge in [-0.25, -0.2) is 9.78 Å². The van der Waals surface area contributed by atoms with Crippen molar-refractivity contribution in [2.75, 3.05) is 5.32 Å². The molecule has 0 fully saturated rings. The fraction of sp³-hybridized carbons (Fsp3) is 0.214. The molecule has 1 amide bonds. The van der Waals surface area contributed by atoms with Crippen LogP contribution in [0, 0.1) is 20.8 Å². The van der Waals surface area contributed by atoms with E-state index in [-0.39, 0.29) is 17.4 Å². The molecule has 0 aliphatic rings. The minimum absolute atomic E-state index is 0.125. The molecule has 104 valence electrons. The molecule has 0 bridgehead atoms. The summed E-state index contributed by atoms with van der Waals surface area (Å²) in [5.74, 6) is -0.126. The molecule has 2 rings (SSSR count). The molecule has 2 aromatic heterocycles. The molecule has 0 saturated carbocycles. The van der Waals surface area contributed by atoms with Crippen LogP contribution in [0.4, 0.5) is 5.82 Å². The van der Waals surface area contributed by atoms with Crippen molar-refractivity contribution in [1.82, 2.24) is 4.98 Å². The van der Waals surface area contributed by atoms with Crippen LogP contribution in [-0.2, 0) is 0 Å². The van der Waals surface area contributed by atoms with Crippen molar-refractivity contribution in [3.8, 4) is 0 Å². The van der Waals surface area contributed by atoms with E-state index in [1.807, 2.05) is 0 Å². The summed E-state index contributed by atoms with van der Waals surface area (Å²) in [5.41, 5.74) is 1.08. The SMILES string of the molecule is Cc1oc(C)c(C(=O)Nc2cccc(C(=O)O)n2)c1C. The molecule has 0 atom stereocenters. The summed E-state index contributed by atoms with van der Waals surface area (Å²) in [6.07, 6.45) is 0. The smallest absolute Gasteiger partial charge is 0.354 e. The van der Waals surface area contributed by atoms with Crippen molar-refractivity contribution < 1.29 is 19.1 Å². The van der Waals surface area contributed by atoms with E-state index in [0.29, 0.717) is 17.1 Å². The van der Waals surface area contributed by atoms with Gasteiger partial charge in [-0.1, -0.05) is 6.07 Å². The Morgan fingerprint density at radius 3 is 2.45 bits per heavy atom. The largest absolute Gasteiger partial charge is 0.477 e. The van der Waals surface area contributed by atoms with Gasteiger partial charge in [0.05, 0.1) is 5.56 Å². The summed E-state index contributed by atoms with van der Waals surface area (Å²) in [4.78, 5) is 26.9. The molecular weight excluding hydrogens is 260 g/mol. The maximum absolute atomic E-state index is 12.2. The third kappa shape index (κ3) is 2.54. The number of pyridine rings is 1. The van der Waals surface area contributed by atoms with Crippen LogP contribution in [0.25, 0.3) is 0 Å². The number of carbonyl (C=O) groups is 2. The highest BCUT2D eigenvalue weighted by Gasteiger charge is 2.19. The molecule has 20 heavy (non-hydrogen) atoms. The van der Waals surface area contributed by atoms with Gasteiger partial charge in [-0.05, 0) is 32.9 Å². The molecule has 6 nitrogen and oxygen atoms in total. The van der Waals surface area contributed by atoms with Crippen molar-refractivity contribution in [3.05, 3.63) is 46.5 Å². The van der Waals surface area contributed by atoms with E-state index in [9.17, 15) is 9.59 Å². The van der Waals surface area contributed by atoms with Crippen LogP contribution in [0.5, 0.6) is 0 Å². The van der Waals surface area contributed by atoms with E-state index in [0.717, 1.165) is 5.56 Å². The number of carboxylic acid groups (broad SMARTS) is 1. The van der Waals surface area contributed by atoms with Gasteiger partial charge >= 0.3 is 5.97 Å². The second-order valence-corrected chi connectivity index (χ2v) is 4.38. The average Bonchev–Trinajstić information content (AvgIpc) is 2.63. The van der Waals surface area contributed by atoms with Crippen LogP contribution < -0.4 is 5.32 Å². The molecule has 0 aromatic carbocycles. The van der Waals surface area contributed by atoms with Gasteiger partial charge in [0.15, 0.2) is 5.69 Å². The molecule has 0 saturated heterocycles. The number of hydrogen-bond acceptors (Lipinski definition) is 4. The summed E-state index contributed by atoms with van der Waals surface area (Å²) in [6.45, 7) is 5.28. The Kier molecular flexibility index (Phi) is 3.56. The van der Waals surface area contributed by atoms with Crippen LogP contribution in [-0.4, -0.2) is 22.0 Å². The molecular formula is C14H14N2O4. The predicted octanol–water partition coefficient (Wildman–Crippen LogP) is 2.55. The zero-order valence-electron chi connectivity index (χ0n) is 11.4. The van der Waals surface area contributed by atoms with Crippen LogP contribution in [0.2, 0.25) is 0 Å². The van der Waals surface area contributed by atoms with E-state index in [2.05, 4.69) is 10.3 Å². The zero-order chi connectivity index (χ0) is 14.9. The van der Waals surface area contributed by atoms with Gasteiger partial charge < -0.3 is 14.8 Å². The van der Waals surface area contributed by atoms with Gasteiger partial charge in [0.1, 0.15) is 17.3 Å². The molecule has 2 heterocycles. The standard InChI is InChI=1S/C14H14N2O4/c1-7-8(2)20-9(3)12(7)13(17)16-11-6-4-5-10(15-11)14(18)19/h4-6H,1-3H3,(H,18,19)(H,15,16,17). The maximum Gasteiger partial charge on any atom is 0.354 e. The molecule has 2 N–H and O–H groups in total. The quantitative estimate of drug-likeness (QED) is 0.897. The first-order valence-corrected chi connectivity index (χ1v) is 5.98. The number of carboxylic acids is 1. The van der Waals surface area contributed by atoms with Crippen LogP contribution in [0.1, 0.15) is 37.9 Å². The number of aromatic carboxylic acids is 1. The monoisotopic (exact) mass is 274 g/mol. The Morgan fingerprint density at radius 2 is 1.90 bits per heavy atom. The second kappa shape index (κ2) is 5.16. The first kappa shape index (κ1) is 13.8. The van der Waals surface area contributed by atoms with E-state index >= 15 is 0 Å². The Morgan fingerprint density at radius 1 is 1.20 bits per heavy atom. The molecule has 0 radical (unpaired) electrons. The van der Waals surface area contributed by atoms with Crippen LogP contribution >= 0.6 is 0 Å². The molecule has 6 heteroatoms. The van der Waals surface area contributed by atoms with Gasteiger partial charge in [0, 0.05) is 5.56 Å². The summed E-state index contributed by atoms with van der Waals surface area (Å²) < 4.78 is 5.39. The van der Waals surface area contributed by atoms with Crippen molar-refractivity contribution in [2.24, 2.45) is 0 Å². The first-order chi connectivity index (χ1) is 9.40. The maximum atomic E-state index is 12.2. The summed E-state index contributed by atoms with van der Waals surface area (Å²) in [5, 5.41) is 11.4. The number of furan rings is 1. The van der Waals surface area contributed by atoms with Crippen molar-refractivity contribution in [1.29, 1.82) is 0 Å². The van der Waals surface area contributed by atoms with E-state index in [1.165, 1.54) is 18.2 Å². The third-order valence-electron chi connectivity index (χ3n) is 3.00. The van der Waals surface area contributed by atoms with Crippen molar-refractivity contribution >= 4 is 17.7 Å². The number of nitrogens with one attached hydrogen (secondary N) is 1. The van der Waals surface area contributed by atoms with Gasteiger partial charge in [0.2, 0.25) is 0 Å². The Labute approximate surface area is 115 Å². The molecule has 0 unspecified atom stereocenters. The first-order valence-electron chi connectivity index (χ1n) is 5.98. The zero-order valence-corrected chi connectivity index (χ0v) is 11.4. The van der Waals surface area contributed by atoms with Gasteiger partial charge in [-0.3, -0.25) is 4.79 Å². The molecule has 2 aromatic rings. The van der Waals surface area contributed by atoms with E-state index in [1.54, 1.807) is 20.8 Å². The number of nitrogens with zero attached hydrogens (tertiary/aromatic N) is 1. The minimum Gasteiger partial charge on any atom is -0.477 e. The highest BCUT2D eigenvalue weighted by atomic mass is 16.4. The lowest BCUT2D eigenvalue weighted by atomic mass is 10.1. The topological polar surface area (TPSA) is 92.4 Å². The number of aromatic nitrogens is 1. The predicted molar refractivity (Wildman–Crippen MR) is 72.1 cm³/mol. The third-order valence-corrected chi connectivity index (χ3v) is 3.00. The average molecular weight is 274 g/mol. The van der Waals surface area contributed by atoms with Crippen LogP contribution in [0.3, 0.4) is 0 Å². The summed E-state index contributed by atoms with van der Waals surface area (Å²) in [6, 6.07) is 4.41. The van der Waals surface area contributed by atoms with Gasteiger partial charge in [-0.2, -0.15) is 0 Å². The number of rotatable bonds is 3. The second-order valence-electron chi connectivity index (χ2n) is 4.38. The highest BCUT2D eigenvalue weighted by Crippen LogP contribution is 2.21. The molecule has 0 spiro atoms. The van der Waals surface area contributed by atoms with Crippen molar-refractivity contribution in [3.63, 3.8) is 0 Å². The van der Waals surface area contributed by atoms with Crippen molar-refractivity contribution in [2.45, 2.75) is 20.8 Å². The number of carbonyl (C=O) groups excluding carboxylic acids is 1. The lowest BCUT2D eigenvalue weighted by Crippen LogP contribution is -2.15. The lowest BCUT2D eigenvalue weighted by Gasteiger charge is -2.05. The van der Waals surface area contributed by atoms with Crippen LogP contribution in [0.15, 0.2) is 22.6 Å². The number of aryl methyl sites for hydroxylation is 2.